The molecule has 2 heterocycles. The summed E-state index contributed by atoms with van der Waals surface area (Å²) < 4.78 is 0. The van der Waals surface area contributed by atoms with Crippen molar-refractivity contribution in [2.45, 2.75) is 13.8 Å². The second kappa shape index (κ2) is 5.56. The molecule has 0 bridgehead atoms. The van der Waals surface area contributed by atoms with Crippen molar-refractivity contribution in [2.24, 2.45) is 0 Å². The summed E-state index contributed by atoms with van der Waals surface area (Å²) in [5, 5.41) is 17.7. The van der Waals surface area contributed by atoms with Crippen molar-refractivity contribution in [1.29, 1.82) is 10.7 Å². The fraction of sp³-hybridized carbons (Fsp3) is 0.167. The minimum atomic E-state index is -0.136. The average molecular weight is 212 g/mol. The van der Waals surface area contributed by atoms with Gasteiger partial charge in [-0.2, -0.15) is 5.26 Å². The summed E-state index contributed by atoms with van der Waals surface area (Å²) in [6.45, 7) is 4.00. The van der Waals surface area contributed by atoms with Crippen LogP contribution in [-0.4, -0.2) is 15.7 Å². The Bertz CT molecular complexity index is 535. The Kier molecular flexibility index (Phi) is 4.10. The van der Waals surface area contributed by atoms with Gasteiger partial charge in [0.2, 0.25) is 0 Å². The predicted molar refractivity (Wildman–Crippen MR) is 63.3 cm³/mol. The van der Waals surface area contributed by atoms with Crippen molar-refractivity contribution in [3.63, 3.8) is 0 Å². The van der Waals surface area contributed by atoms with Crippen LogP contribution in [0.25, 0.3) is 10.8 Å². The van der Waals surface area contributed by atoms with Crippen molar-refractivity contribution in [3.05, 3.63) is 36.4 Å². The Hall–Kier alpha value is -2.28. The van der Waals surface area contributed by atoms with Crippen molar-refractivity contribution in [2.75, 3.05) is 0 Å². The molecular weight excluding hydrogens is 200 g/mol. The Morgan fingerprint density at radius 2 is 2.00 bits per heavy atom. The highest BCUT2D eigenvalue weighted by Crippen LogP contribution is 2.14. The summed E-state index contributed by atoms with van der Waals surface area (Å²) in [6.07, 6.45) is 4.87. The van der Waals surface area contributed by atoms with Crippen LogP contribution in [0.5, 0.6) is 0 Å². The normalized spacial score (nSPS) is 8.81. The topological polar surface area (TPSA) is 73.4 Å². The van der Waals surface area contributed by atoms with Gasteiger partial charge in [0.05, 0.1) is 0 Å². The van der Waals surface area contributed by atoms with Crippen LogP contribution in [0.1, 0.15) is 19.5 Å². The zero-order valence-electron chi connectivity index (χ0n) is 9.23. The first-order valence-corrected chi connectivity index (χ1v) is 5.00. The minimum absolute atomic E-state index is 0.136. The van der Waals surface area contributed by atoms with Crippen LogP contribution in [0.2, 0.25) is 0 Å². The third-order valence-electron chi connectivity index (χ3n) is 1.92. The Labute approximate surface area is 94.1 Å². The molecule has 4 nitrogen and oxygen atoms in total. The standard InChI is InChI=1S/C10H6N4.C2H6/c11-5-9(12)10-8-6-13-3-1-7(8)2-4-14-10;1-2/h1-4,6,12H;1-2H3. The molecular formula is C12H12N4. The van der Waals surface area contributed by atoms with Gasteiger partial charge in [0, 0.05) is 24.0 Å². The fourth-order valence-electron chi connectivity index (χ4n) is 1.26. The van der Waals surface area contributed by atoms with Gasteiger partial charge in [0.25, 0.3) is 0 Å². The molecule has 0 aliphatic heterocycles. The number of hydrogen-bond acceptors (Lipinski definition) is 4. The summed E-state index contributed by atoms with van der Waals surface area (Å²) in [7, 11) is 0. The number of hydrogen-bond donors (Lipinski definition) is 1. The first kappa shape index (κ1) is 11.8. The van der Waals surface area contributed by atoms with E-state index in [1.807, 2.05) is 26.0 Å². The van der Waals surface area contributed by atoms with Gasteiger partial charge in [0.15, 0.2) is 5.71 Å². The van der Waals surface area contributed by atoms with Crippen LogP contribution in [0.4, 0.5) is 0 Å². The maximum Gasteiger partial charge on any atom is 0.158 e. The average Bonchev–Trinajstić information content (AvgIpc) is 2.39. The summed E-state index contributed by atoms with van der Waals surface area (Å²) in [4.78, 5) is 7.93. The monoisotopic (exact) mass is 212 g/mol. The Balaban J connectivity index is 0.000000606. The number of nitrogens with zero attached hydrogens (tertiary/aromatic N) is 3. The lowest BCUT2D eigenvalue weighted by molar-refractivity contribution is 1.28. The predicted octanol–water partition coefficient (Wildman–Crippen LogP) is 2.55. The van der Waals surface area contributed by atoms with Gasteiger partial charge in [0.1, 0.15) is 11.8 Å². The molecule has 16 heavy (non-hydrogen) atoms. The van der Waals surface area contributed by atoms with Gasteiger partial charge in [-0.05, 0) is 17.5 Å². The highest BCUT2D eigenvalue weighted by atomic mass is 14.7. The van der Waals surface area contributed by atoms with Crippen LogP contribution in [0.3, 0.4) is 0 Å². The first-order valence-electron chi connectivity index (χ1n) is 5.00. The second-order valence-corrected chi connectivity index (χ2v) is 2.74. The van der Waals surface area contributed by atoms with Gasteiger partial charge in [-0.25, -0.2) is 0 Å². The van der Waals surface area contributed by atoms with Crippen LogP contribution < -0.4 is 0 Å². The highest BCUT2D eigenvalue weighted by molar-refractivity contribution is 6.15. The van der Waals surface area contributed by atoms with Gasteiger partial charge < -0.3 is 0 Å². The molecule has 0 aliphatic carbocycles. The molecule has 1 N–H and O–H groups in total. The lowest BCUT2D eigenvalue weighted by atomic mass is 10.1. The summed E-state index contributed by atoms with van der Waals surface area (Å²) in [6, 6.07) is 5.42. The lowest BCUT2D eigenvalue weighted by Gasteiger charge is -2.00. The maximum atomic E-state index is 8.61. The number of nitrogens with one attached hydrogen (secondary N) is 1. The van der Waals surface area contributed by atoms with E-state index < -0.39 is 0 Å². The molecule has 0 aromatic carbocycles. The third-order valence-corrected chi connectivity index (χ3v) is 1.92. The molecule has 0 fully saturated rings. The van der Waals surface area contributed by atoms with E-state index in [1.54, 1.807) is 24.7 Å². The number of rotatable bonds is 1. The van der Waals surface area contributed by atoms with Gasteiger partial charge in [-0.15, -0.1) is 0 Å². The van der Waals surface area contributed by atoms with Crippen LogP contribution in [0.15, 0.2) is 30.7 Å². The van der Waals surface area contributed by atoms with E-state index in [9.17, 15) is 0 Å². The lowest BCUT2D eigenvalue weighted by Crippen LogP contribution is -1.99. The van der Waals surface area contributed by atoms with E-state index in [2.05, 4.69) is 9.97 Å². The van der Waals surface area contributed by atoms with Crippen molar-refractivity contribution in [3.8, 4) is 6.07 Å². The van der Waals surface area contributed by atoms with E-state index in [0.29, 0.717) is 5.69 Å². The van der Waals surface area contributed by atoms with Gasteiger partial charge in [-0.1, -0.05) is 13.8 Å². The quantitative estimate of drug-likeness (QED) is 0.738. The number of nitriles is 1. The first-order chi connectivity index (χ1) is 7.83. The molecule has 0 unspecified atom stereocenters. The molecule has 0 amide bonds. The van der Waals surface area contributed by atoms with Gasteiger partial charge in [-0.3, -0.25) is 15.4 Å². The zero-order valence-corrected chi connectivity index (χ0v) is 9.23. The van der Waals surface area contributed by atoms with E-state index in [-0.39, 0.29) is 5.71 Å². The summed E-state index contributed by atoms with van der Waals surface area (Å²) in [5.41, 5.74) is 0.252. The van der Waals surface area contributed by atoms with E-state index in [0.717, 1.165) is 10.8 Å². The molecule has 2 aromatic heterocycles. The van der Waals surface area contributed by atoms with Crippen LogP contribution in [0, 0.1) is 16.7 Å². The van der Waals surface area contributed by atoms with E-state index >= 15 is 0 Å². The smallest absolute Gasteiger partial charge is 0.158 e. The molecule has 0 atom stereocenters. The largest absolute Gasteiger partial charge is 0.288 e. The highest BCUT2D eigenvalue weighted by Gasteiger charge is 2.06. The fourth-order valence-corrected chi connectivity index (χ4v) is 1.26. The summed E-state index contributed by atoms with van der Waals surface area (Å²) >= 11 is 0. The molecule has 0 saturated heterocycles. The molecule has 4 heteroatoms. The maximum absolute atomic E-state index is 8.61. The molecule has 2 aromatic rings. The zero-order chi connectivity index (χ0) is 12.0. The molecule has 0 aliphatic rings. The van der Waals surface area contributed by atoms with Gasteiger partial charge >= 0.3 is 0 Å². The van der Waals surface area contributed by atoms with Crippen LogP contribution in [-0.2, 0) is 0 Å². The Morgan fingerprint density at radius 1 is 1.31 bits per heavy atom. The van der Waals surface area contributed by atoms with E-state index in [4.69, 9.17) is 10.7 Å². The van der Waals surface area contributed by atoms with Crippen LogP contribution >= 0.6 is 0 Å². The van der Waals surface area contributed by atoms with Crippen molar-refractivity contribution >= 4 is 16.5 Å². The van der Waals surface area contributed by atoms with Crippen molar-refractivity contribution in [1.82, 2.24) is 9.97 Å². The Morgan fingerprint density at radius 3 is 2.69 bits per heavy atom. The minimum Gasteiger partial charge on any atom is -0.288 e. The number of aromatic nitrogens is 2. The number of pyridine rings is 2. The third kappa shape index (κ3) is 2.20. The summed E-state index contributed by atoms with van der Waals surface area (Å²) in [5.74, 6) is 0. The SMILES string of the molecule is CC.N#CC(=N)c1nccc2ccncc12. The molecule has 80 valence electrons. The van der Waals surface area contributed by atoms with E-state index in [1.165, 1.54) is 0 Å². The second-order valence-electron chi connectivity index (χ2n) is 2.74. The number of fused-ring (bicyclic) bond motifs is 1. The van der Waals surface area contributed by atoms with Crippen molar-refractivity contribution < 1.29 is 0 Å². The molecule has 0 saturated carbocycles. The molecule has 2 rings (SSSR count). The molecule has 0 spiro atoms. The molecule has 0 radical (unpaired) electrons.